The lowest BCUT2D eigenvalue weighted by atomic mass is 9.90. The Hall–Kier alpha value is -1.06. The van der Waals surface area contributed by atoms with Crippen LogP contribution < -0.4 is 10.6 Å². The van der Waals surface area contributed by atoms with Gasteiger partial charge in [-0.1, -0.05) is 25.1 Å². The van der Waals surface area contributed by atoms with Crippen LogP contribution in [0.15, 0.2) is 24.3 Å². The molecule has 1 atom stereocenters. The molecule has 1 aliphatic rings. The Balaban J connectivity index is 2.27. The fraction of sp³-hybridized carbons (Fsp3) is 0.600. The average Bonchev–Trinajstić information content (AvgIpc) is 2.35. The third kappa shape index (κ3) is 2.68. The van der Waals surface area contributed by atoms with E-state index in [2.05, 4.69) is 30.0 Å². The first kappa shape index (κ1) is 13.4. The van der Waals surface area contributed by atoms with Crippen LogP contribution in [-0.4, -0.2) is 24.3 Å². The van der Waals surface area contributed by atoms with E-state index in [-0.39, 0.29) is 12.6 Å². The third-order valence-electron chi connectivity index (χ3n) is 3.94. The van der Waals surface area contributed by atoms with Gasteiger partial charge in [0.05, 0.1) is 6.61 Å². The standard InChI is InChI=1S/C15H24N2O/c1-2-14(16)13-8-3-4-9-15(13)17(10-11-18)12-6-5-7-12/h3-4,8-9,12,14,18H,2,5-7,10-11,16H2,1H3. The van der Waals surface area contributed by atoms with Crippen LogP contribution in [0.2, 0.25) is 0 Å². The van der Waals surface area contributed by atoms with E-state index in [4.69, 9.17) is 5.73 Å². The van der Waals surface area contributed by atoms with Crippen LogP contribution in [0, 0.1) is 0 Å². The van der Waals surface area contributed by atoms with Gasteiger partial charge in [0.15, 0.2) is 0 Å². The summed E-state index contributed by atoms with van der Waals surface area (Å²) < 4.78 is 0. The fourth-order valence-corrected chi connectivity index (χ4v) is 2.59. The largest absolute Gasteiger partial charge is 0.395 e. The lowest BCUT2D eigenvalue weighted by Crippen LogP contribution is -2.42. The second-order valence-corrected chi connectivity index (χ2v) is 5.08. The Morgan fingerprint density at radius 1 is 1.39 bits per heavy atom. The first-order chi connectivity index (χ1) is 8.77. The summed E-state index contributed by atoms with van der Waals surface area (Å²) >= 11 is 0. The van der Waals surface area contributed by atoms with E-state index in [1.165, 1.54) is 30.5 Å². The molecule has 0 spiro atoms. The quantitative estimate of drug-likeness (QED) is 0.813. The lowest BCUT2D eigenvalue weighted by Gasteiger charge is -2.40. The number of para-hydroxylation sites is 1. The van der Waals surface area contributed by atoms with Gasteiger partial charge in [-0.25, -0.2) is 0 Å². The summed E-state index contributed by atoms with van der Waals surface area (Å²) in [5, 5.41) is 9.28. The van der Waals surface area contributed by atoms with Crippen LogP contribution >= 0.6 is 0 Å². The van der Waals surface area contributed by atoms with Crippen LogP contribution in [0.5, 0.6) is 0 Å². The predicted molar refractivity (Wildman–Crippen MR) is 75.7 cm³/mol. The van der Waals surface area contributed by atoms with Crippen molar-refractivity contribution in [2.45, 2.75) is 44.7 Å². The molecule has 2 rings (SSSR count). The number of nitrogens with two attached hydrogens (primary N) is 1. The zero-order valence-corrected chi connectivity index (χ0v) is 11.2. The topological polar surface area (TPSA) is 49.5 Å². The number of anilines is 1. The van der Waals surface area contributed by atoms with Crippen molar-refractivity contribution in [3.05, 3.63) is 29.8 Å². The maximum Gasteiger partial charge on any atom is 0.0606 e. The molecule has 100 valence electrons. The minimum Gasteiger partial charge on any atom is -0.395 e. The maximum atomic E-state index is 9.28. The van der Waals surface area contributed by atoms with E-state index >= 15 is 0 Å². The summed E-state index contributed by atoms with van der Waals surface area (Å²) in [5.41, 5.74) is 8.62. The molecule has 1 aliphatic carbocycles. The smallest absolute Gasteiger partial charge is 0.0606 e. The molecular weight excluding hydrogens is 224 g/mol. The van der Waals surface area contributed by atoms with Gasteiger partial charge in [-0.2, -0.15) is 0 Å². The summed E-state index contributed by atoms with van der Waals surface area (Å²) in [6.45, 7) is 3.02. The van der Waals surface area contributed by atoms with Gasteiger partial charge >= 0.3 is 0 Å². The number of aliphatic hydroxyl groups is 1. The first-order valence-corrected chi connectivity index (χ1v) is 7.00. The Labute approximate surface area is 110 Å². The SMILES string of the molecule is CCC(N)c1ccccc1N(CCO)C1CCC1. The molecule has 1 saturated carbocycles. The summed E-state index contributed by atoms with van der Waals surface area (Å²) in [7, 11) is 0. The van der Waals surface area contributed by atoms with E-state index in [0.29, 0.717) is 12.6 Å². The van der Waals surface area contributed by atoms with Gasteiger partial charge in [-0.15, -0.1) is 0 Å². The molecule has 1 aromatic rings. The van der Waals surface area contributed by atoms with E-state index < -0.39 is 0 Å². The van der Waals surface area contributed by atoms with Crippen molar-refractivity contribution in [1.82, 2.24) is 0 Å². The molecule has 18 heavy (non-hydrogen) atoms. The minimum atomic E-state index is 0.0856. The molecule has 1 aromatic carbocycles. The third-order valence-corrected chi connectivity index (χ3v) is 3.94. The van der Waals surface area contributed by atoms with Crippen molar-refractivity contribution in [3.63, 3.8) is 0 Å². The maximum absolute atomic E-state index is 9.28. The Morgan fingerprint density at radius 2 is 2.11 bits per heavy atom. The number of hydrogen-bond donors (Lipinski definition) is 2. The summed E-state index contributed by atoms with van der Waals surface area (Å²) in [6.07, 6.45) is 4.70. The van der Waals surface area contributed by atoms with E-state index in [9.17, 15) is 5.11 Å². The van der Waals surface area contributed by atoms with Gasteiger partial charge < -0.3 is 15.7 Å². The second-order valence-electron chi connectivity index (χ2n) is 5.08. The average molecular weight is 248 g/mol. The van der Waals surface area contributed by atoms with Gasteiger partial charge in [-0.3, -0.25) is 0 Å². The van der Waals surface area contributed by atoms with Crippen LogP contribution in [0.1, 0.15) is 44.2 Å². The van der Waals surface area contributed by atoms with Crippen molar-refractivity contribution >= 4 is 5.69 Å². The first-order valence-electron chi connectivity index (χ1n) is 7.00. The predicted octanol–water partition coefficient (Wildman–Crippen LogP) is 2.45. The highest BCUT2D eigenvalue weighted by molar-refractivity contribution is 5.56. The zero-order valence-electron chi connectivity index (χ0n) is 11.2. The summed E-state index contributed by atoms with van der Waals surface area (Å²) in [4.78, 5) is 2.34. The number of rotatable bonds is 6. The Bertz CT molecular complexity index is 377. The fourth-order valence-electron chi connectivity index (χ4n) is 2.59. The highest BCUT2D eigenvalue weighted by atomic mass is 16.3. The monoisotopic (exact) mass is 248 g/mol. The number of hydrogen-bond acceptors (Lipinski definition) is 3. The molecule has 0 saturated heterocycles. The molecule has 3 heteroatoms. The van der Waals surface area contributed by atoms with Gasteiger partial charge in [-0.05, 0) is 37.3 Å². The highest BCUT2D eigenvalue weighted by Crippen LogP contribution is 2.33. The van der Waals surface area contributed by atoms with Crippen LogP contribution in [0.3, 0.4) is 0 Å². The van der Waals surface area contributed by atoms with Crippen molar-refractivity contribution in [3.8, 4) is 0 Å². The van der Waals surface area contributed by atoms with E-state index in [1.807, 2.05) is 6.07 Å². The Kier molecular flexibility index (Phi) is 4.61. The number of benzene rings is 1. The van der Waals surface area contributed by atoms with Crippen molar-refractivity contribution in [2.24, 2.45) is 5.73 Å². The van der Waals surface area contributed by atoms with Crippen molar-refractivity contribution < 1.29 is 5.11 Å². The minimum absolute atomic E-state index is 0.0856. The summed E-state index contributed by atoms with van der Waals surface area (Å²) in [6, 6.07) is 9.03. The van der Waals surface area contributed by atoms with Crippen LogP contribution in [0.25, 0.3) is 0 Å². The van der Waals surface area contributed by atoms with E-state index in [0.717, 1.165) is 6.42 Å². The molecule has 0 heterocycles. The highest BCUT2D eigenvalue weighted by Gasteiger charge is 2.26. The van der Waals surface area contributed by atoms with Gasteiger partial charge in [0.25, 0.3) is 0 Å². The molecule has 0 aromatic heterocycles. The van der Waals surface area contributed by atoms with Crippen molar-refractivity contribution in [1.29, 1.82) is 0 Å². The normalized spacial score (nSPS) is 17.3. The van der Waals surface area contributed by atoms with Crippen molar-refractivity contribution in [2.75, 3.05) is 18.1 Å². The van der Waals surface area contributed by atoms with E-state index in [1.54, 1.807) is 0 Å². The Morgan fingerprint density at radius 3 is 2.67 bits per heavy atom. The number of aliphatic hydroxyl groups excluding tert-OH is 1. The molecule has 3 nitrogen and oxygen atoms in total. The molecule has 0 radical (unpaired) electrons. The van der Waals surface area contributed by atoms with Crippen LogP contribution in [-0.2, 0) is 0 Å². The van der Waals surface area contributed by atoms with Gasteiger partial charge in [0, 0.05) is 24.3 Å². The second kappa shape index (κ2) is 6.21. The molecular formula is C15H24N2O. The van der Waals surface area contributed by atoms with Crippen LogP contribution in [0.4, 0.5) is 5.69 Å². The summed E-state index contributed by atoms with van der Waals surface area (Å²) in [5.74, 6) is 0. The molecule has 3 N–H and O–H groups in total. The zero-order chi connectivity index (χ0) is 13.0. The van der Waals surface area contributed by atoms with Gasteiger partial charge in [0.1, 0.15) is 0 Å². The lowest BCUT2D eigenvalue weighted by molar-refractivity contribution is 0.283. The molecule has 1 fully saturated rings. The molecule has 1 unspecified atom stereocenters. The van der Waals surface area contributed by atoms with Gasteiger partial charge in [0.2, 0.25) is 0 Å². The molecule has 0 bridgehead atoms. The number of nitrogens with zero attached hydrogens (tertiary/aromatic N) is 1. The molecule has 0 amide bonds. The molecule has 0 aliphatic heterocycles.